The number of carbonyl (C=O) groups is 1. The quantitative estimate of drug-likeness (QED) is 0.465. The van der Waals surface area contributed by atoms with Gasteiger partial charge in [-0.3, -0.25) is 0 Å². The summed E-state index contributed by atoms with van der Waals surface area (Å²) in [6.07, 6.45) is -1.56. The van der Waals surface area contributed by atoms with E-state index in [9.17, 15) is 18.0 Å². The highest BCUT2D eigenvalue weighted by Crippen LogP contribution is 2.31. The Kier molecular flexibility index (Phi) is 5.04. The van der Waals surface area contributed by atoms with E-state index >= 15 is 0 Å². The smallest absolute Gasteiger partial charge is 0.416 e. The Morgan fingerprint density at radius 3 is 2.00 bits per heavy atom. The van der Waals surface area contributed by atoms with Gasteiger partial charge in [0.25, 0.3) is 0 Å². The Bertz CT molecular complexity index is 735. The number of ether oxygens (including phenoxy) is 1. The van der Waals surface area contributed by atoms with E-state index in [1.54, 1.807) is 30.3 Å². The number of hydrogen-bond acceptors (Lipinski definition) is 2. The molecule has 5 heteroatoms. The number of esters is 1. The largest absolute Gasteiger partial charge is 0.465 e. The molecule has 118 valence electrons. The third-order valence-corrected chi connectivity index (χ3v) is 3.11. The van der Waals surface area contributed by atoms with Gasteiger partial charge < -0.3 is 4.74 Å². The highest BCUT2D eigenvalue weighted by molar-refractivity contribution is 5.82. The maximum Gasteiger partial charge on any atom is 0.416 e. The number of hydrogen-bond donors (Lipinski definition) is 0. The Hall–Kier alpha value is -2.78. The lowest BCUT2D eigenvalue weighted by molar-refractivity contribution is -0.137. The first-order chi connectivity index (χ1) is 10.9. The van der Waals surface area contributed by atoms with E-state index in [0.29, 0.717) is 5.56 Å². The molecule has 0 heterocycles. The summed E-state index contributed by atoms with van der Waals surface area (Å²) < 4.78 is 42.0. The number of rotatable bonds is 3. The number of alkyl halides is 3. The van der Waals surface area contributed by atoms with Crippen molar-refractivity contribution in [2.24, 2.45) is 0 Å². The monoisotopic (exact) mass is 318 g/mol. The Balaban J connectivity index is 2.16. The van der Waals surface area contributed by atoms with E-state index in [0.717, 1.165) is 23.3 Å². The van der Waals surface area contributed by atoms with Gasteiger partial charge in [-0.25, -0.2) is 4.79 Å². The summed E-state index contributed by atoms with van der Waals surface area (Å²) >= 11 is 0. The van der Waals surface area contributed by atoms with Crippen LogP contribution in [-0.4, -0.2) is 13.1 Å². The van der Waals surface area contributed by atoms with Crippen LogP contribution >= 0.6 is 0 Å². The van der Waals surface area contributed by atoms with Crippen LogP contribution in [0.4, 0.5) is 13.2 Å². The minimum atomic E-state index is -4.33. The molecule has 2 rings (SSSR count). The zero-order valence-electron chi connectivity index (χ0n) is 12.2. The van der Waals surface area contributed by atoms with Gasteiger partial charge in [-0.15, -0.1) is 5.73 Å². The average molecular weight is 318 g/mol. The summed E-state index contributed by atoms with van der Waals surface area (Å²) in [5.41, 5.74) is 4.31. The van der Waals surface area contributed by atoms with Gasteiger partial charge in [0.05, 0.1) is 18.7 Å². The van der Waals surface area contributed by atoms with Gasteiger partial charge in [-0.2, -0.15) is 13.2 Å². The van der Waals surface area contributed by atoms with Crippen molar-refractivity contribution in [3.05, 3.63) is 71.5 Å². The van der Waals surface area contributed by atoms with Crippen molar-refractivity contribution in [3.63, 3.8) is 0 Å². The molecule has 0 aliphatic heterocycles. The Morgan fingerprint density at radius 2 is 1.52 bits per heavy atom. The molecule has 0 saturated heterocycles. The van der Waals surface area contributed by atoms with E-state index in [2.05, 4.69) is 10.5 Å². The van der Waals surface area contributed by atoms with E-state index in [4.69, 9.17) is 0 Å². The molecule has 0 saturated carbocycles. The maximum absolute atomic E-state index is 12.5. The fraction of sp³-hybridized carbons (Fsp3) is 0.111. The molecule has 0 aliphatic rings. The molecule has 2 aromatic rings. The number of halogens is 3. The lowest BCUT2D eigenvalue weighted by Gasteiger charge is -2.08. The lowest BCUT2D eigenvalue weighted by atomic mass is 10.0. The minimum absolute atomic E-state index is 0.498. The Morgan fingerprint density at radius 1 is 1.00 bits per heavy atom. The second-order valence-corrected chi connectivity index (χ2v) is 4.68. The minimum Gasteiger partial charge on any atom is -0.465 e. The van der Waals surface area contributed by atoms with Crippen molar-refractivity contribution in [3.8, 4) is 11.1 Å². The third kappa shape index (κ3) is 4.59. The fourth-order valence-corrected chi connectivity index (χ4v) is 1.89. The maximum atomic E-state index is 12.5. The summed E-state index contributed by atoms with van der Waals surface area (Å²) in [7, 11) is 1.28. The van der Waals surface area contributed by atoms with Crippen LogP contribution in [0.2, 0.25) is 0 Å². The first kappa shape index (κ1) is 16.6. The molecule has 0 aliphatic carbocycles. The number of benzene rings is 2. The summed E-state index contributed by atoms with van der Waals surface area (Å²) in [6, 6.07) is 12.1. The van der Waals surface area contributed by atoms with Crippen molar-refractivity contribution in [1.29, 1.82) is 0 Å². The molecule has 0 unspecified atom stereocenters. The topological polar surface area (TPSA) is 26.3 Å². The summed E-state index contributed by atoms with van der Waals surface area (Å²) in [5.74, 6) is -0.498. The van der Waals surface area contributed by atoms with Gasteiger partial charge >= 0.3 is 12.1 Å². The lowest BCUT2D eigenvalue weighted by Crippen LogP contribution is -2.03. The molecule has 0 amide bonds. The predicted octanol–water partition coefficient (Wildman–Crippen LogP) is 4.71. The average Bonchev–Trinajstić information content (AvgIpc) is 2.54. The summed E-state index contributed by atoms with van der Waals surface area (Å²) in [5, 5.41) is 0. The molecule has 23 heavy (non-hydrogen) atoms. The summed E-state index contributed by atoms with van der Waals surface area (Å²) in [4.78, 5) is 10.9. The zero-order chi connectivity index (χ0) is 16.9. The van der Waals surface area contributed by atoms with Crippen molar-refractivity contribution in [2.45, 2.75) is 6.18 Å². The van der Waals surface area contributed by atoms with Crippen LogP contribution in [0.25, 0.3) is 17.2 Å². The van der Waals surface area contributed by atoms with Crippen LogP contribution in [0.5, 0.6) is 0 Å². The van der Waals surface area contributed by atoms with Crippen LogP contribution in [0.15, 0.2) is 60.3 Å². The standard InChI is InChI=1S/C18H13F3O2/c1-23-17(22)4-2-3-13-5-7-14(8-6-13)15-9-11-16(12-10-15)18(19,20)21/h3-12H,1H3. The first-order valence-corrected chi connectivity index (χ1v) is 6.68. The normalized spacial score (nSPS) is 10.6. The van der Waals surface area contributed by atoms with Crippen LogP contribution in [0, 0.1) is 0 Å². The Labute approximate surface area is 131 Å². The van der Waals surface area contributed by atoms with Crippen molar-refractivity contribution >= 4 is 12.0 Å². The molecule has 0 radical (unpaired) electrons. The molecule has 0 aromatic heterocycles. The van der Waals surface area contributed by atoms with Crippen molar-refractivity contribution in [1.82, 2.24) is 0 Å². The SMILES string of the molecule is COC(=O)C=C=Cc1ccc(-c2ccc(C(F)(F)F)cc2)cc1. The van der Waals surface area contributed by atoms with Gasteiger partial charge in [-0.1, -0.05) is 36.4 Å². The van der Waals surface area contributed by atoms with E-state index in [1.807, 2.05) is 0 Å². The molecule has 2 aromatic carbocycles. The highest BCUT2D eigenvalue weighted by Gasteiger charge is 2.29. The van der Waals surface area contributed by atoms with Crippen LogP contribution in [0.1, 0.15) is 11.1 Å². The van der Waals surface area contributed by atoms with Crippen LogP contribution in [0.3, 0.4) is 0 Å². The second kappa shape index (κ2) is 6.99. The van der Waals surface area contributed by atoms with E-state index in [-0.39, 0.29) is 0 Å². The van der Waals surface area contributed by atoms with E-state index in [1.165, 1.54) is 25.3 Å². The molecule has 2 nitrogen and oxygen atoms in total. The third-order valence-electron chi connectivity index (χ3n) is 3.11. The predicted molar refractivity (Wildman–Crippen MR) is 81.4 cm³/mol. The van der Waals surface area contributed by atoms with Gasteiger partial charge in [0.1, 0.15) is 0 Å². The molecule has 0 N–H and O–H groups in total. The van der Waals surface area contributed by atoms with Gasteiger partial charge in [0.15, 0.2) is 0 Å². The molecule has 0 atom stereocenters. The number of carbonyl (C=O) groups excluding carboxylic acids is 1. The van der Waals surface area contributed by atoms with Gasteiger partial charge in [0, 0.05) is 0 Å². The molecule has 0 fully saturated rings. The molecular formula is C18H13F3O2. The fourth-order valence-electron chi connectivity index (χ4n) is 1.89. The van der Waals surface area contributed by atoms with Crippen LogP contribution in [-0.2, 0) is 15.7 Å². The first-order valence-electron chi connectivity index (χ1n) is 6.68. The highest BCUT2D eigenvalue weighted by atomic mass is 19.4. The summed E-state index contributed by atoms with van der Waals surface area (Å²) in [6.45, 7) is 0. The molecule has 0 spiro atoms. The molecular weight excluding hydrogens is 305 g/mol. The molecule has 0 bridgehead atoms. The van der Waals surface area contributed by atoms with Crippen molar-refractivity contribution < 1.29 is 22.7 Å². The second-order valence-electron chi connectivity index (χ2n) is 4.68. The van der Waals surface area contributed by atoms with Gasteiger partial charge in [0.2, 0.25) is 0 Å². The number of methoxy groups -OCH3 is 1. The van der Waals surface area contributed by atoms with Crippen molar-refractivity contribution in [2.75, 3.05) is 7.11 Å². The zero-order valence-corrected chi connectivity index (χ0v) is 12.2. The van der Waals surface area contributed by atoms with Crippen LogP contribution < -0.4 is 0 Å². The van der Waals surface area contributed by atoms with Gasteiger partial charge in [-0.05, 0) is 34.9 Å². The van der Waals surface area contributed by atoms with E-state index < -0.39 is 17.7 Å².